The smallest absolute Gasteiger partial charge is 0.238 e. The third kappa shape index (κ3) is 4.34. The lowest BCUT2D eigenvalue weighted by Gasteiger charge is -2.09. The fourth-order valence-electron chi connectivity index (χ4n) is 1.96. The Morgan fingerprint density at radius 2 is 2.12 bits per heavy atom. The van der Waals surface area contributed by atoms with E-state index in [9.17, 15) is 9.18 Å². The predicted octanol–water partition coefficient (Wildman–Crippen LogP) is 3.78. The lowest BCUT2D eigenvalue weighted by atomic mass is 10.2. The molecule has 1 unspecified atom stereocenters. The van der Waals surface area contributed by atoms with Crippen LogP contribution in [0.2, 0.25) is 5.02 Å². The van der Waals surface area contributed by atoms with Crippen LogP contribution in [-0.2, 0) is 4.79 Å². The number of anilines is 1. The van der Waals surface area contributed by atoms with Crippen molar-refractivity contribution in [1.82, 2.24) is 20.2 Å². The topological polar surface area (TPSA) is 83.6 Å². The van der Waals surface area contributed by atoms with Gasteiger partial charge in [0, 0.05) is 6.20 Å². The molecule has 0 bridgehead atoms. The monoisotopic (exact) mass is 377 g/mol. The van der Waals surface area contributed by atoms with E-state index < -0.39 is 11.1 Å². The number of thioether (sulfide) groups is 1. The highest BCUT2D eigenvalue weighted by Crippen LogP contribution is 2.24. The van der Waals surface area contributed by atoms with Crippen LogP contribution in [0.25, 0.3) is 11.4 Å². The van der Waals surface area contributed by atoms with Crippen LogP contribution in [0, 0.1) is 5.82 Å². The molecule has 128 valence electrons. The van der Waals surface area contributed by atoms with Crippen LogP contribution in [0.3, 0.4) is 0 Å². The van der Waals surface area contributed by atoms with E-state index >= 15 is 0 Å². The van der Waals surface area contributed by atoms with E-state index in [2.05, 4.69) is 25.5 Å². The maximum absolute atomic E-state index is 13.8. The molecule has 2 aromatic heterocycles. The molecule has 25 heavy (non-hydrogen) atoms. The number of halogens is 2. The summed E-state index contributed by atoms with van der Waals surface area (Å²) in [5, 5.41) is 9.75. The van der Waals surface area contributed by atoms with Crippen molar-refractivity contribution in [2.75, 3.05) is 5.32 Å². The van der Waals surface area contributed by atoms with Crippen molar-refractivity contribution in [3.05, 3.63) is 53.4 Å². The van der Waals surface area contributed by atoms with Crippen molar-refractivity contribution in [2.24, 2.45) is 0 Å². The number of nitrogens with one attached hydrogen (secondary N) is 2. The third-order valence-electron chi connectivity index (χ3n) is 3.22. The Morgan fingerprint density at radius 1 is 1.32 bits per heavy atom. The average molecular weight is 378 g/mol. The Morgan fingerprint density at radius 3 is 2.84 bits per heavy atom. The van der Waals surface area contributed by atoms with Gasteiger partial charge in [0.25, 0.3) is 0 Å². The Bertz CT molecular complexity index is 886. The van der Waals surface area contributed by atoms with Gasteiger partial charge in [0.1, 0.15) is 11.6 Å². The first-order valence-corrected chi connectivity index (χ1v) is 8.55. The van der Waals surface area contributed by atoms with Crippen molar-refractivity contribution in [3.8, 4) is 11.4 Å². The van der Waals surface area contributed by atoms with Crippen LogP contribution in [-0.4, -0.2) is 31.3 Å². The number of pyridine rings is 1. The Balaban J connectivity index is 1.65. The standard InChI is InChI=1S/C16H13ClFN5OS/c1-9(15(24)20-13-7-6-10(17)8-19-13)25-16-21-14(22-23-16)11-4-2-3-5-12(11)18/h2-9H,1H3,(H,19,20,24)(H,21,22,23). The largest absolute Gasteiger partial charge is 0.310 e. The number of H-pyrrole nitrogens is 1. The van der Waals surface area contributed by atoms with Gasteiger partial charge in [0.15, 0.2) is 5.82 Å². The number of carbonyl (C=O) groups excluding carboxylic acids is 1. The van der Waals surface area contributed by atoms with Crippen molar-refractivity contribution >= 4 is 35.1 Å². The zero-order valence-corrected chi connectivity index (χ0v) is 14.6. The summed E-state index contributed by atoms with van der Waals surface area (Å²) in [6.45, 7) is 1.72. The van der Waals surface area contributed by atoms with Crippen LogP contribution >= 0.6 is 23.4 Å². The highest BCUT2D eigenvalue weighted by Gasteiger charge is 2.18. The van der Waals surface area contributed by atoms with Gasteiger partial charge in [-0.25, -0.2) is 14.4 Å². The highest BCUT2D eigenvalue weighted by molar-refractivity contribution is 8.00. The van der Waals surface area contributed by atoms with Gasteiger partial charge in [-0.05, 0) is 31.2 Å². The number of rotatable bonds is 5. The molecule has 6 nitrogen and oxygen atoms in total. The number of hydrogen-bond donors (Lipinski definition) is 2. The van der Waals surface area contributed by atoms with Crippen molar-refractivity contribution < 1.29 is 9.18 Å². The molecule has 0 saturated carbocycles. The average Bonchev–Trinajstić information content (AvgIpc) is 3.05. The first-order chi connectivity index (χ1) is 12.0. The quantitative estimate of drug-likeness (QED) is 0.661. The first kappa shape index (κ1) is 17.4. The molecule has 1 amide bonds. The van der Waals surface area contributed by atoms with Crippen LogP contribution in [0.4, 0.5) is 10.2 Å². The zero-order chi connectivity index (χ0) is 17.8. The number of aromatic nitrogens is 4. The lowest BCUT2D eigenvalue weighted by Crippen LogP contribution is -2.23. The van der Waals surface area contributed by atoms with E-state index in [1.165, 1.54) is 12.3 Å². The van der Waals surface area contributed by atoms with Crippen molar-refractivity contribution in [1.29, 1.82) is 0 Å². The molecule has 0 fully saturated rings. The fourth-order valence-corrected chi connectivity index (χ4v) is 2.80. The molecule has 1 aromatic carbocycles. The van der Waals surface area contributed by atoms with Crippen LogP contribution in [0.5, 0.6) is 0 Å². The van der Waals surface area contributed by atoms with E-state index in [4.69, 9.17) is 11.6 Å². The van der Waals surface area contributed by atoms with E-state index in [0.29, 0.717) is 27.4 Å². The molecule has 0 spiro atoms. The van der Waals surface area contributed by atoms with Gasteiger partial charge in [0.05, 0.1) is 15.8 Å². The van der Waals surface area contributed by atoms with Crippen LogP contribution < -0.4 is 5.32 Å². The SMILES string of the molecule is CC(Sc1n[nH]c(-c2ccccc2F)n1)C(=O)Nc1ccc(Cl)cn1. The Labute approximate surface area is 152 Å². The summed E-state index contributed by atoms with van der Waals surface area (Å²) in [6.07, 6.45) is 1.45. The Kier molecular flexibility index (Phi) is 5.30. The van der Waals surface area contributed by atoms with Gasteiger partial charge in [0.2, 0.25) is 11.1 Å². The fraction of sp³-hybridized carbons (Fsp3) is 0.125. The molecule has 0 saturated heterocycles. The summed E-state index contributed by atoms with van der Waals surface area (Å²) in [4.78, 5) is 20.4. The first-order valence-electron chi connectivity index (χ1n) is 7.29. The minimum Gasteiger partial charge on any atom is -0.310 e. The van der Waals surface area contributed by atoms with Gasteiger partial charge in [-0.2, -0.15) is 0 Å². The molecule has 2 N–H and O–H groups in total. The number of carbonyl (C=O) groups is 1. The number of amides is 1. The Hall–Kier alpha value is -2.45. The van der Waals surface area contributed by atoms with E-state index in [1.807, 2.05) is 0 Å². The van der Waals surface area contributed by atoms with Crippen LogP contribution in [0.1, 0.15) is 6.92 Å². The summed E-state index contributed by atoms with van der Waals surface area (Å²) in [5.74, 6) is 0.0725. The summed E-state index contributed by atoms with van der Waals surface area (Å²) in [6, 6.07) is 9.51. The summed E-state index contributed by atoms with van der Waals surface area (Å²) in [5.41, 5.74) is 0.323. The van der Waals surface area contributed by atoms with Gasteiger partial charge in [-0.3, -0.25) is 9.89 Å². The number of nitrogens with zero attached hydrogens (tertiary/aromatic N) is 3. The summed E-state index contributed by atoms with van der Waals surface area (Å²) in [7, 11) is 0. The second kappa shape index (κ2) is 7.62. The molecule has 0 aliphatic carbocycles. The predicted molar refractivity (Wildman–Crippen MR) is 95.0 cm³/mol. The zero-order valence-electron chi connectivity index (χ0n) is 13.0. The molecular weight excluding hydrogens is 365 g/mol. The molecule has 2 heterocycles. The molecule has 9 heteroatoms. The second-order valence-electron chi connectivity index (χ2n) is 5.06. The van der Waals surface area contributed by atoms with E-state index in [-0.39, 0.29) is 5.91 Å². The number of hydrogen-bond acceptors (Lipinski definition) is 5. The van der Waals surface area contributed by atoms with Crippen LogP contribution in [0.15, 0.2) is 47.8 Å². The van der Waals surface area contributed by atoms with Gasteiger partial charge in [-0.15, -0.1) is 5.10 Å². The van der Waals surface area contributed by atoms with Crippen molar-refractivity contribution in [3.63, 3.8) is 0 Å². The lowest BCUT2D eigenvalue weighted by molar-refractivity contribution is -0.115. The highest BCUT2D eigenvalue weighted by atomic mass is 35.5. The minimum absolute atomic E-state index is 0.253. The van der Waals surface area contributed by atoms with Crippen molar-refractivity contribution in [2.45, 2.75) is 17.3 Å². The molecule has 3 rings (SSSR count). The maximum atomic E-state index is 13.8. The number of benzene rings is 1. The molecule has 0 radical (unpaired) electrons. The van der Waals surface area contributed by atoms with Gasteiger partial charge >= 0.3 is 0 Å². The number of aromatic amines is 1. The molecule has 1 atom stereocenters. The van der Waals surface area contributed by atoms with E-state index in [1.54, 1.807) is 37.3 Å². The minimum atomic E-state index is -0.471. The molecule has 0 aliphatic heterocycles. The van der Waals surface area contributed by atoms with Gasteiger partial charge < -0.3 is 5.32 Å². The third-order valence-corrected chi connectivity index (χ3v) is 4.41. The van der Waals surface area contributed by atoms with Gasteiger partial charge in [-0.1, -0.05) is 35.5 Å². The molecular formula is C16H13ClFN5OS. The molecule has 0 aliphatic rings. The normalized spacial score (nSPS) is 12.0. The molecule has 3 aromatic rings. The maximum Gasteiger partial charge on any atom is 0.238 e. The second-order valence-corrected chi connectivity index (χ2v) is 6.80. The van der Waals surface area contributed by atoms with E-state index in [0.717, 1.165) is 11.8 Å². The summed E-state index contributed by atoms with van der Waals surface area (Å²) >= 11 is 6.91. The summed E-state index contributed by atoms with van der Waals surface area (Å²) < 4.78 is 13.8.